The molecule has 1 aliphatic heterocycles. The van der Waals surface area contributed by atoms with Crippen LogP contribution in [-0.4, -0.2) is 64.6 Å². The third-order valence-corrected chi connectivity index (χ3v) is 7.09. The summed E-state index contributed by atoms with van der Waals surface area (Å²) in [4.78, 5) is 25.5. The van der Waals surface area contributed by atoms with Gasteiger partial charge in [0.05, 0.1) is 23.9 Å². The average molecular weight is 520 g/mol. The fourth-order valence-corrected chi connectivity index (χ4v) is 5.37. The summed E-state index contributed by atoms with van der Waals surface area (Å²) in [5.74, 6) is 0.0765. The number of rotatable bonds is 7. The molecular formula is C24H31BrFN5O2. The fourth-order valence-electron chi connectivity index (χ4n) is 5.03. The number of hydrogen-bond acceptors (Lipinski definition) is 7. The Bertz CT molecular complexity index is 999. The number of anilines is 1. The Hall–Kier alpha value is -1.94. The highest BCUT2D eigenvalue weighted by atomic mass is 79.9. The van der Waals surface area contributed by atoms with Crippen LogP contribution in [0.25, 0.3) is 0 Å². The number of carbonyl (C=O) groups is 1. The lowest BCUT2D eigenvalue weighted by Gasteiger charge is -2.43. The number of fused-ring (bicyclic) bond motifs is 1. The van der Waals surface area contributed by atoms with Crippen LogP contribution in [0.3, 0.4) is 0 Å². The first-order chi connectivity index (χ1) is 15.8. The SMILES string of the molecule is CC(C)NC(C(C=O)c1ccc(Br)cc1F)N1CCN(c2ncnc3c2[C@H](C)C[C@@H]3O)CC1. The number of piperazine rings is 1. The van der Waals surface area contributed by atoms with E-state index in [-0.39, 0.29) is 23.9 Å². The summed E-state index contributed by atoms with van der Waals surface area (Å²) < 4.78 is 15.4. The molecule has 1 aromatic carbocycles. The third-order valence-electron chi connectivity index (χ3n) is 6.60. The van der Waals surface area contributed by atoms with E-state index in [1.807, 2.05) is 13.8 Å². The number of hydrogen-bond donors (Lipinski definition) is 2. The topological polar surface area (TPSA) is 81.6 Å². The lowest BCUT2D eigenvalue weighted by atomic mass is 9.94. The van der Waals surface area contributed by atoms with Gasteiger partial charge in [-0.2, -0.15) is 0 Å². The van der Waals surface area contributed by atoms with Crippen molar-refractivity contribution >= 4 is 28.0 Å². The maximum atomic E-state index is 14.8. The second kappa shape index (κ2) is 10.1. The molecule has 4 rings (SSSR count). The summed E-state index contributed by atoms with van der Waals surface area (Å²) in [5.41, 5.74) is 2.17. The standard InChI is InChI=1S/C24H31BrFN5O2/c1-14(2)29-23(18(12-32)17-5-4-16(25)11-19(17)26)30-6-8-31(9-7-30)24-21-15(3)10-20(33)22(21)27-13-28-24/h4-5,11-15,18,20,23,29,33H,6-10H2,1-3H3/t15-,18?,20+,23?/m1/s1. The Labute approximate surface area is 202 Å². The number of nitrogens with one attached hydrogen (secondary N) is 1. The highest BCUT2D eigenvalue weighted by Gasteiger charge is 2.36. The zero-order chi connectivity index (χ0) is 23.7. The van der Waals surface area contributed by atoms with Crippen molar-refractivity contribution in [3.05, 3.63) is 51.6 Å². The third kappa shape index (κ3) is 4.96. The summed E-state index contributed by atoms with van der Waals surface area (Å²) in [5, 5.41) is 13.8. The molecule has 9 heteroatoms. The summed E-state index contributed by atoms with van der Waals surface area (Å²) in [6.07, 6.45) is 2.19. The van der Waals surface area contributed by atoms with Crippen LogP contribution in [-0.2, 0) is 4.79 Å². The van der Waals surface area contributed by atoms with E-state index in [0.717, 1.165) is 36.5 Å². The van der Waals surface area contributed by atoms with E-state index in [2.05, 4.69) is 47.9 Å². The summed E-state index contributed by atoms with van der Waals surface area (Å²) >= 11 is 3.29. The van der Waals surface area contributed by atoms with Crippen LogP contribution in [0.4, 0.5) is 10.2 Å². The highest BCUT2D eigenvalue weighted by molar-refractivity contribution is 9.10. The van der Waals surface area contributed by atoms with E-state index in [1.54, 1.807) is 12.1 Å². The molecule has 2 N–H and O–H groups in total. The van der Waals surface area contributed by atoms with Crippen molar-refractivity contribution in [2.24, 2.45) is 0 Å². The van der Waals surface area contributed by atoms with Crippen molar-refractivity contribution in [1.29, 1.82) is 0 Å². The number of aldehydes is 1. The molecule has 0 bridgehead atoms. The lowest BCUT2D eigenvalue weighted by Crippen LogP contribution is -2.58. The first-order valence-corrected chi connectivity index (χ1v) is 12.3. The first-order valence-electron chi connectivity index (χ1n) is 11.5. The first kappa shape index (κ1) is 24.2. The molecule has 33 heavy (non-hydrogen) atoms. The van der Waals surface area contributed by atoms with E-state index in [4.69, 9.17) is 0 Å². The highest BCUT2D eigenvalue weighted by Crippen LogP contribution is 2.42. The van der Waals surface area contributed by atoms with Gasteiger partial charge in [-0.3, -0.25) is 10.2 Å². The van der Waals surface area contributed by atoms with Crippen LogP contribution < -0.4 is 10.2 Å². The molecule has 1 fully saturated rings. The molecule has 2 aromatic rings. The zero-order valence-corrected chi connectivity index (χ0v) is 20.8. The van der Waals surface area contributed by atoms with Gasteiger partial charge in [-0.15, -0.1) is 0 Å². The quantitative estimate of drug-likeness (QED) is 0.542. The number of carbonyl (C=O) groups excluding carboxylic acids is 1. The van der Waals surface area contributed by atoms with Gasteiger partial charge in [0.15, 0.2) is 0 Å². The number of benzene rings is 1. The summed E-state index contributed by atoms with van der Waals surface area (Å²) in [6, 6.07) is 4.98. The van der Waals surface area contributed by atoms with E-state index < -0.39 is 12.0 Å². The maximum absolute atomic E-state index is 14.8. The van der Waals surface area contributed by atoms with Crippen molar-refractivity contribution in [3.63, 3.8) is 0 Å². The Kier molecular flexibility index (Phi) is 7.43. The molecule has 1 saturated heterocycles. The van der Waals surface area contributed by atoms with Crippen molar-refractivity contribution in [1.82, 2.24) is 20.2 Å². The zero-order valence-electron chi connectivity index (χ0n) is 19.2. The second-order valence-corrected chi connectivity index (χ2v) is 10.2. The van der Waals surface area contributed by atoms with E-state index in [0.29, 0.717) is 29.5 Å². The Morgan fingerprint density at radius 3 is 2.61 bits per heavy atom. The van der Waals surface area contributed by atoms with Gasteiger partial charge >= 0.3 is 0 Å². The summed E-state index contributed by atoms with van der Waals surface area (Å²) in [6.45, 7) is 8.99. The van der Waals surface area contributed by atoms with Crippen LogP contribution in [0.15, 0.2) is 29.0 Å². The lowest BCUT2D eigenvalue weighted by molar-refractivity contribution is -0.111. The monoisotopic (exact) mass is 519 g/mol. The smallest absolute Gasteiger partial charge is 0.135 e. The molecule has 1 aromatic heterocycles. The molecule has 1 aliphatic carbocycles. The van der Waals surface area contributed by atoms with Crippen molar-refractivity contribution in [2.75, 3.05) is 31.1 Å². The molecule has 4 atom stereocenters. The number of aromatic nitrogens is 2. The van der Waals surface area contributed by atoms with Gasteiger partial charge in [-0.05, 0) is 38.3 Å². The number of halogens is 2. The Morgan fingerprint density at radius 1 is 1.24 bits per heavy atom. The van der Waals surface area contributed by atoms with Gasteiger partial charge in [-0.25, -0.2) is 14.4 Å². The maximum Gasteiger partial charge on any atom is 0.135 e. The second-order valence-electron chi connectivity index (χ2n) is 9.27. The molecule has 178 valence electrons. The minimum Gasteiger partial charge on any atom is -0.387 e. The van der Waals surface area contributed by atoms with E-state index >= 15 is 0 Å². The molecule has 0 amide bonds. The Balaban J connectivity index is 1.55. The largest absolute Gasteiger partial charge is 0.387 e. The molecule has 2 unspecified atom stereocenters. The van der Waals surface area contributed by atoms with Crippen LogP contribution in [0.5, 0.6) is 0 Å². The van der Waals surface area contributed by atoms with Crippen molar-refractivity contribution in [3.8, 4) is 0 Å². The fraction of sp³-hybridized carbons (Fsp3) is 0.542. The molecule has 0 radical (unpaired) electrons. The van der Waals surface area contributed by atoms with Gasteiger partial charge in [0.2, 0.25) is 0 Å². The van der Waals surface area contributed by atoms with Gasteiger partial charge < -0.3 is 14.8 Å². The van der Waals surface area contributed by atoms with Crippen LogP contribution >= 0.6 is 15.9 Å². The van der Waals surface area contributed by atoms with E-state index in [9.17, 15) is 14.3 Å². The van der Waals surface area contributed by atoms with Crippen LogP contribution in [0.1, 0.15) is 62.0 Å². The predicted molar refractivity (Wildman–Crippen MR) is 129 cm³/mol. The number of aliphatic hydroxyl groups is 1. The molecular weight excluding hydrogens is 489 g/mol. The van der Waals surface area contributed by atoms with Crippen molar-refractivity contribution in [2.45, 2.75) is 57.3 Å². The van der Waals surface area contributed by atoms with Crippen molar-refractivity contribution < 1.29 is 14.3 Å². The Morgan fingerprint density at radius 2 is 1.97 bits per heavy atom. The predicted octanol–water partition coefficient (Wildman–Crippen LogP) is 3.35. The molecule has 0 saturated carbocycles. The van der Waals surface area contributed by atoms with Gasteiger partial charge in [0.1, 0.15) is 24.2 Å². The molecule has 0 spiro atoms. The molecule has 2 aliphatic rings. The minimum atomic E-state index is -0.634. The van der Waals surface area contributed by atoms with Gasteiger partial charge in [-0.1, -0.05) is 28.9 Å². The summed E-state index contributed by atoms with van der Waals surface area (Å²) in [7, 11) is 0. The van der Waals surface area contributed by atoms with E-state index in [1.165, 1.54) is 12.4 Å². The van der Waals surface area contributed by atoms with Crippen LogP contribution in [0.2, 0.25) is 0 Å². The molecule has 7 nitrogen and oxygen atoms in total. The number of aliphatic hydroxyl groups excluding tert-OH is 1. The average Bonchev–Trinajstić information content (AvgIpc) is 3.08. The van der Waals surface area contributed by atoms with Gasteiger partial charge in [0.25, 0.3) is 0 Å². The van der Waals surface area contributed by atoms with Gasteiger partial charge in [0, 0.05) is 47.8 Å². The minimum absolute atomic E-state index is 0.126. The van der Waals surface area contributed by atoms with Crippen LogP contribution in [0, 0.1) is 5.82 Å². The number of nitrogens with zero attached hydrogens (tertiary/aromatic N) is 4. The molecule has 2 heterocycles. The normalized spacial score (nSPS) is 22.9.